The molecule has 1 amide bonds. The van der Waals surface area contributed by atoms with Crippen LogP contribution < -0.4 is 5.43 Å². The van der Waals surface area contributed by atoms with Gasteiger partial charge in [0.1, 0.15) is 6.10 Å². The first kappa shape index (κ1) is 15.6. The number of hydrogen-bond acceptors (Lipinski definition) is 4. The fourth-order valence-electron chi connectivity index (χ4n) is 2.61. The lowest BCUT2D eigenvalue weighted by Crippen LogP contribution is -2.41. The van der Waals surface area contributed by atoms with Crippen molar-refractivity contribution in [1.82, 2.24) is 10.4 Å². The zero-order chi connectivity index (χ0) is 14.1. The van der Waals surface area contributed by atoms with Gasteiger partial charge in [0, 0.05) is 0 Å². The van der Waals surface area contributed by atoms with Crippen molar-refractivity contribution in [3.8, 4) is 6.19 Å². The van der Waals surface area contributed by atoms with Crippen molar-refractivity contribution in [2.75, 3.05) is 6.54 Å². The highest BCUT2D eigenvalue weighted by Crippen LogP contribution is 2.27. The second-order valence-corrected chi connectivity index (χ2v) is 5.32. The van der Waals surface area contributed by atoms with Crippen molar-refractivity contribution in [2.45, 2.75) is 64.9 Å². The Kier molecular flexibility index (Phi) is 7.09. The molecule has 0 spiro atoms. The smallest absolute Gasteiger partial charge is 0.427 e. The zero-order valence-electron chi connectivity index (χ0n) is 12.0. The number of hydrazine groups is 1. The van der Waals surface area contributed by atoms with Gasteiger partial charge in [0.05, 0.1) is 6.54 Å². The third-order valence-electron chi connectivity index (χ3n) is 3.49. The van der Waals surface area contributed by atoms with Crippen molar-refractivity contribution in [3.05, 3.63) is 0 Å². The van der Waals surface area contributed by atoms with Gasteiger partial charge in [-0.2, -0.15) is 5.26 Å². The van der Waals surface area contributed by atoms with Crippen LogP contribution in [0.15, 0.2) is 0 Å². The predicted octanol–water partition coefficient (Wildman–Crippen LogP) is 3.18. The van der Waals surface area contributed by atoms with E-state index in [0.717, 1.165) is 12.8 Å². The van der Waals surface area contributed by atoms with Gasteiger partial charge in [0.2, 0.25) is 0 Å². The van der Waals surface area contributed by atoms with Gasteiger partial charge >= 0.3 is 6.09 Å². The number of carbonyl (C=O) groups excluding carboxylic acids is 1. The SMILES string of the molecule is CCCN(C#N)NC(=O)O[C@@H](C)CC1CCCCC1. The van der Waals surface area contributed by atoms with Gasteiger partial charge in [-0.25, -0.2) is 15.2 Å². The molecule has 5 nitrogen and oxygen atoms in total. The Balaban J connectivity index is 2.24. The lowest BCUT2D eigenvalue weighted by Gasteiger charge is -2.25. The third-order valence-corrected chi connectivity index (χ3v) is 3.49. The molecule has 108 valence electrons. The first-order valence-electron chi connectivity index (χ1n) is 7.30. The summed E-state index contributed by atoms with van der Waals surface area (Å²) in [6.07, 6.45) is 9.42. The molecule has 0 saturated heterocycles. The number of hydrogen-bond donors (Lipinski definition) is 1. The fourth-order valence-corrected chi connectivity index (χ4v) is 2.61. The predicted molar refractivity (Wildman–Crippen MR) is 72.9 cm³/mol. The van der Waals surface area contributed by atoms with Gasteiger partial charge in [-0.1, -0.05) is 39.0 Å². The highest BCUT2D eigenvalue weighted by atomic mass is 16.6. The summed E-state index contributed by atoms with van der Waals surface area (Å²) in [4.78, 5) is 11.6. The molecule has 1 atom stereocenters. The molecule has 0 heterocycles. The molecule has 0 aromatic rings. The first-order chi connectivity index (χ1) is 9.15. The molecule has 1 aliphatic rings. The zero-order valence-corrected chi connectivity index (χ0v) is 12.0. The van der Waals surface area contributed by atoms with Gasteiger partial charge in [0.15, 0.2) is 6.19 Å². The topological polar surface area (TPSA) is 65.4 Å². The number of carbonyl (C=O) groups is 1. The van der Waals surface area contributed by atoms with Crippen molar-refractivity contribution >= 4 is 6.09 Å². The van der Waals surface area contributed by atoms with Crippen LogP contribution in [-0.2, 0) is 4.74 Å². The Labute approximate surface area is 115 Å². The van der Waals surface area contributed by atoms with E-state index >= 15 is 0 Å². The van der Waals surface area contributed by atoms with Gasteiger partial charge in [-0.3, -0.25) is 0 Å². The summed E-state index contributed by atoms with van der Waals surface area (Å²) in [5, 5.41) is 10.0. The van der Waals surface area contributed by atoms with Crippen LogP contribution in [0, 0.1) is 17.4 Å². The second-order valence-electron chi connectivity index (χ2n) is 5.32. The maximum absolute atomic E-state index is 11.6. The summed E-state index contributed by atoms with van der Waals surface area (Å²) in [5.41, 5.74) is 2.45. The average molecular weight is 267 g/mol. The van der Waals surface area contributed by atoms with Gasteiger partial charge in [-0.15, -0.1) is 0 Å². The molecular weight excluding hydrogens is 242 g/mol. The molecule has 19 heavy (non-hydrogen) atoms. The van der Waals surface area contributed by atoms with Crippen molar-refractivity contribution in [1.29, 1.82) is 5.26 Å². The molecule has 0 bridgehead atoms. The first-order valence-corrected chi connectivity index (χ1v) is 7.30. The van der Waals surface area contributed by atoms with Crippen LogP contribution in [-0.4, -0.2) is 23.8 Å². The van der Waals surface area contributed by atoms with E-state index < -0.39 is 6.09 Å². The molecule has 0 radical (unpaired) electrons. The average Bonchev–Trinajstić information content (AvgIpc) is 2.39. The highest BCUT2D eigenvalue weighted by Gasteiger charge is 2.19. The molecule has 1 saturated carbocycles. The molecule has 1 rings (SSSR count). The Morgan fingerprint density at radius 1 is 1.47 bits per heavy atom. The van der Waals surface area contributed by atoms with E-state index in [1.807, 2.05) is 20.0 Å². The quantitative estimate of drug-likeness (QED) is 0.456. The van der Waals surface area contributed by atoms with Crippen LogP contribution >= 0.6 is 0 Å². The molecular formula is C14H25N3O2. The van der Waals surface area contributed by atoms with Crippen molar-refractivity contribution in [3.63, 3.8) is 0 Å². The minimum atomic E-state index is -0.529. The number of nitrogens with zero attached hydrogens (tertiary/aromatic N) is 2. The third kappa shape index (κ3) is 6.32. The minimum absolute atomic E-state index is 0.0923. The Morgan fingerprint density at radius 2 is 2.16 bits per heavy atom. The Morgan fingerprint density at radius 3 is 2.74 bits per heavy atom. The van der Waals surface area contributed by atoms with E-state index in [4.69, 9.17) is 10.00 Å². The molecule has 1 fully saturated rings. The van der Waals surface area contributed by atoms with Crippen LogP contribution in [0.4, 0.5) is 4.79 Å². The van der Waals surface area contributed by atoms with Crippen molar-refractivity contribution < 1.29 is 9.53 Å². The minimum Gasteiger partial charge on any atom is -0.445 e. The highest BCUT2D eigenvalue weighted by molar-refractivity contribution is 5.66. The Hall–Kier alpha value is -1.44. The fraction of sp³-hybridized carbons (Fsp3) is 0.857. The molecule has 1 N–H and O–H groups in total. The Bertz CT molecular complexity index is 308. The number of amides is 1. The van der Waals surface area contributed by atoms with Crippen LogP contribution in [0.1, 0.15) is 58.8 Å². The van der Waals surface area contributed by atoms with E-state index in [1.165, 1.54) is 37.1 Å². The number of nitriles is 1. The van der Waals surface area contributed by atoms with E-state index in [2.05, 4.69) is 5.43 Å². The van der Waals surface area contributed by atoms with Crippen LogP contribution in [0.2, 0.25) is 0 Å². The van der Waals surface area contributed by atoms with E-state index in [1.54, 1.807) is 0 Å². The molecule has 0 aromatic heterocycles. The van der Waals surface area contributed by atoms with Gasteiger partial charge < -0.3 is 4.74 Å². The number of ether oxygens (including phenoxy) is 1. The van der Waals surface area contributed by atoms with E-state index in [9.17, 15) is 4.79 Å². The molecule has 1 aliphatic carbocycles. The maximum atomic E-state index is 11.6. The van der Waals surface area contributed by atoms with Crippen LogP contribution in [0.3, 0.4) is 0 Å². The summed E-state index contributed by atoms with van der Waals surface area (Å²) in [7, 11) is 0. The largest absolute Gasteiger partial charge is 0.445 e. The van der Waals surface area contributed by atoms with Crippen molar-refractivity contribution in [2.24, 2.45) is 5.92 Å². The standard InChI is InChI=1S/C14H25N3O2/c1-3-9-17(11-15)16-14(18)19-12(2)10-13-7-5-4-6-8-13/h12-13H,3-10H2,1-2H3,(H,16,18)/t12-/m0/s1. The molecule has 0 aromatic carbocycles. The van der Waals surface area contributed by atoms with Crippen LogP contribution in [0.5, 0.6) is 0 Å². The van der Waals surface area contributed by atoms with E-state index in [0.29, 0.717) is 12.5 Å². The lowest BCUT2D eigenvalue weighted by atomic mass is 9.86. The van der Waals surface area contributed by atoms with Crippen LogP contribution in [0.25, 0.3) is 0 Å². The second kappa shape index (κ2) is 8.63. The van der Waals surface area contributed by atoms with Gasteiger partial charge in [-0.05, 0) is 25.7 Å². The number of nitrogens with one attached hydrogen (secondary N) is 1. The summed E-state index contributed by atoms with van der Waals surface area (Å²) in [6.45, 7) is 4.37. The summed E-state index contributed by atoms with van der Waals surface area (Å²) < 4.78 is 5.29. The summed E-state index contributed by atoms with van der Waals surface area (Å²) >= 11 is 0. The lowest BCUT2D eigenvalue weighted by molar-refractivity contribution is 0.0727. The maximum Gasteiger partial charge on any atom is 0.427 e. The monoisotopic (exact) mass is 267 g/mol. The van der Waals surface area contributed by atoms with Gasteiger partial charge in [0.25, 0.3) is 0 Å². The summed E-state index contributed by atoms with van der Waals surface area (Å²) in [5.74, 6) is 0.680. The molecule has 5 heteroatoms. The molecule has 0 unspecified atom stereocenters. The number of rotatable bonds is 6. The normalized spacial score (nSPS) is 17.3. The summed E-state index contributed by atoms with van der Waals surface area (Å²) in [6, 6.07) is 0. The molecule has 0 aliphatic heterocycles. The van der Waals surface area contributed by atoms with E-state index in [-0.39, 0.29) is 6.10 Å².